The summed E-state index contributed by atoms with van der Waals surface area (Å²) in [5.41, 5.74) is 13.8. The van der Waals surface area contributed by atoms with Crippen LogP contribution in [0.3, 0.4) is 0 Å². The molecule has 2 aromatic rings. The van der Waals surface area contributed by atoms with Gasteiger partial charge in [-0.1, -0.05) is 74.6 Å². The molecule has 1 heterocycles. The molecule has 6 rings (SSSR count). The lowest BCUT2D eigenvalue weighted by Crippen LogP contribution is -2.52. The zero-order valence-electron chi connectivity index (χ0n) is 24.8. The molecule has 222 valence electrons. The number of nitrogens with zero attached hydrogens (tertiary/aromatic N) is 1. The highest BCUT2D eigenvalue weighted by molar-refractivity contribution is 5.86. The van der Waals surface area contributed by atoms with Gasteiger partial charge in [0.1, 0.15) is 0 Å². The fourth-order valence-corrected chi connectivity index (χ4v) is 9.24. The minimum absolute atomic E-state index is 0.110. The van der Waals surface area contributed by atoms with Gasteiger partial charge in [-0.15, -0.1) is 0 Å². The van der Waals surface area contributed by atoms with E-state index < -0.39 is 0 Å². The molecule has 0 spiro atoms. The summed E-state index contributed by atoms with van der Waals surface area (Å²) in [7, 11) is 0. The minimum Gasteiger partial charge on any atom is -0.387 e. The van der Waals surface area contributed by atoms with Gasteiger partial charge in [0.05, 0.1) is 11.9 Å². The third-order valence-electron chi connectivity index (χ3n) is 11.5. The number of hydrogen-bond acceptors (Lipinski definition) is 4. The lowest BCUT2D eigenvalue weighted by Gasteiger charge is -2.49. The van der Waals surface area contributed by atoms with E-state index in [9.17, 15) is 4.79 Å². The zero-order valence-corrected chi connectivity index (χ0v) is 24.8. The molecule has 4 unspecified atom stereocenters. The number of amides is 1. The van der Waals surface area contributed by atoms with E-state index in [1.54, 1.807) is 0 Å². The van der Waals surface area contributed by atoms with Gasteiger partial charge < -0.3 is 16.8 Å². The van der Waals surface area contributed by atoms with Gasteiger partial charge in [0, 0.05) is 30.6 Å². The standard InChI is InChI=1S/C35H51N5O/c36-28-15-17-29(18-16-28)39-34(41)31-22-35(27-12-4-2-1-3-5-13-27)20-19-25(33(37)38)21-32(35)40(31)23-26-11-8-10-24-9-6-7-14-30(24)26/h6-11,14,25,27-29,31-32H,1-5,12-13,15-23,36H2,(H3,37,38)(H,39,41)/t25?,28-,29+,31?,32?,35?. The molecule has 0 bridgehead atoms. The van der Waals surface area contributed by atoms with Crippen molar-refractivity contribution in [3.63, 3.8) is 0 Å². The van der Waals surface area contributed by atoms with Gasteiger partial charge in [0.25, 0.3) is 0 Å². The van der Waals surface area contributed by atoms with Crippen LogP contribution in [0.25, 0.3) is 10.8 Å². The summed E-state index contributed by atoms with van der Waals surface area (Å²) in [5.74, 6) is 1.29. The van der Waals surface area contributed by atoms with Gasteiger partial charge in [0.2, 0.25) is 5.91 Å². The molecule has 6 N–H and O–H groups in total. The van der Waals surface area contributed by atoms with Crippen molar-refractivity contribution in [2.45, 2.75) is 127 Å². The molecule has 1 saturated heterocycles. The van der Waals surface area contributed by atoms with Crippen LogP contribution in [0.5, 0.6) is 0 Å². The third kappa shape index (κ3) is 5.92. The van der Waals surface area contributed by atoms with Crippen molar-refractivity contribution in [3.05, 3.63) is 48.0 Å². The summed E-state index contributed by atoms with van der Waals surface area (Å²) >= 11 is 0. The number of carbonyl (C=O) groups is 1. The van der Waals surface area contributed by atoms with Crippen LogP contribution in [0, 0.1) is 22.7 Å². The quantitative estimate of drug-likeness (QED) is 0.249. The fourth-order valence-electron chi connectivity index (χ4n) is 9.24. The van der Waals surface area contributed by atoms with Gasteiger partial charge in [-0.05, 0) is 91.9 Å². The number of likely N-dealkylation sites (tertiary alicyclic amines) is 1. The zero-order chi connectivity index (χ0) is 28.4. The first-order chi connectivity index (χ1) is 19.9. The van der Waals surface area contributed by atoms with E-state index in [2.05, 4.69) is 52.7 Å². The first kappa shape index (κ1) is 28.7. The van der Waals surface area contributed by atoms with Crippen LogP contribution in [-0.4, -0.2) is 40.8 Å². The Kier molecular flexibility index (Phi) is 8.69. The topological polar surface area (TPSA) is 108 Å². The molecule has 0 radical (unpaired) electrons. The Morgan fingerprint density at radius 3 is 2.39 bits per heavy atom. The second-order valence-electron chi connectivity index (χ2n) is 13.9. The van der Waals surface area contributed by atoms with Crippen molar-refractivity contribution in [1.82, 2.24) is 10.2 Å². The van der Waals surface area contributed by atoms with E-state index >= 15 is 0 Å². The highest BCUT2D eigenvalue weighted by atomic mass is 16.2. The number of nitrogens with two attached hydrogens (primary N) is 2. The van der Waals surface area contributed by atoms with Crippen LogP contribution in [-0.2, 0) is 11.3 Å². The van der Waals surface area contributed by atoms with Crippen molar-refractivity contribution in [3.8, 4) is 0 Å². The Hall–Kier alpha value is -2.44. The number of amidine groups is 1. The third-order valence-corrected chi connectivity index (χ3v) is 11.5. The Morgan fingerprint density at radius 1 is 0.927 bits per heavy atom. The molecule has 6 heteroatoms. The van der Waals surface area contributed by atoms with Crippen LogP contribution < -0.4 is 16.8 Å². The van der Waals surface area contributed by atoms with Crippen molar-refractivity contribution >= 4 is 22.5 Å². The van der Waals surface area contributed by atoms with Gasteiger partial charge in [-0.2, -0.15) is 0 Å². The Balaban J connectivity index is 1.37. The maximum Gasteiger partial charge on any atom is 0.237 e. The highest BCUT2D eigenvalue weighted by Crippen LogP contribution is 2.58. The summed E-state index contributed by atoms with van der Waals surface area (Å²) in [6.45, 7) is 0.763. The fraction of sp³-hybridized carbons (Fsp3) is 0.657. The van der Waals surface area contributed by atoms with E-state index in [1.165, 1.54) is 61.3 Å². The second kappa shape index (κ2) is 12.4. The maximum absolute atomic E-state index is 14.3. The molecular weight excluding hydrogens is 506 g/mol. The lowest BCUT2D eigenvalue weighted by atomic mass is 9.58. The van der Waals surface area contributed by atoms with Crippen LogP contribution in [0.2, 0.25) is 0 Å². The minimum atomic E-state index is -0.147. The monoisotopic (exact) mass is 557 g/mol. The maximum atomic E-state index is 14.3. The molecule has 4 atom stereocenters. The number of hydrogen-bond donors (Lipinski definition) is 4. The van der Waals surface area contributed by atoms with Gasteiger partial charge in [-0.3, -0.25) is 15.1 Å². The number of carbonyl (C=O) groups excluding carboxylic acids is 1. The van der Waals surface area contributed by atoms with E-state index in [-0.39, 0.29) is 41.4 Å². The number of fused-ring (bicyclic) bond motifs is 2. The van der Waals surface area contributed by atoms with Crippen molar-refractivity contribution < 1.29 is 4.79 Å². The normalized spacial score (nSPS) is 33.5. The SMILES string of the molecule is N=C(N)C1CCC2(C3CCCCCCC3)CC(C(=O)N[C@H]3CC[C@@H](N)CC3)N(Cc3cccc4ccccc34)C2C1. The second-order valence-corrected chi connectivity index (χ2v) is 13.9. The molecule has 3 aliphatic carbocycles. The smallest absolute Gasteiger partial charge is 0.237 e. The molecule has 2 aromatic carbocycles. The summed E-state index contributed by atoms with van der Waals surface area (Å²) in [6.07, 6.45) is 17.0. The van der Waals surface area contributed by atoms with E-state index in [1.807, 2.05) is 0 Å². The molecule has 41 heavy (non-hydrogen) atoms. The van der Waals surface area contributed by atoms with Crippen LogP contribution in [0.4, 0.5) is 0 Å². The Labute approximate surface area is 246 Å². The van der Waals surface area contributed by atoms with Crippen LogP contribution >= 0.6 is 0 Å². The molecule has 4 aliphatic rings. The number of benzene rings is 2. The number of nitrogens with one attached hydrogen (secondary N) is 2. The van der Waals surface area contributed by atoms with Crippen molar-refractivity contribution in [1.29, 1.82) is 5.41 Å². The number of rotatable bonds is 6. The van der Waals surface area contributed by atoms with Crippen molar-refractivity contribution in [2.75, 3.05) is 0 Å². The van der Waals surface area contributed by atoms with E-state index in [4.69, 9.17) is 16.9 Å². The van der Waals surface area contributed by atoms with Gasteiger partial charge in [-0.25, -0.2) is 0 Å². The highest BCUT2D eigenvalue weighted by Gasteiger charge is 2.59. The predicted molar refractivity (Wildman–Crippen MR) is 168 cm³/mol. The lowest BCUT2D eigenvalue weighted by molar-refractivity contribution is -0.127. The average Bonchev–Trinajstić information content (AvgIpc) is 3.28. The molecule has 1 amide bonds. The molecule has 4 fully saturated rings. The first-order valence-corrected chi connectivity index (χ1v) is 16.6. The average molecular weight is 558 g/mol. The Morgan fingerprint density at radius 2 is 1.63 bits per heavy atom. The molecular formula is C35H51N5O. The van der Waals surface area contributed by atoms with Crippen LogP contribution in [0.1, 0.15) is 102 Å². The Bertz CT molecular complexity index is 1210. The molecule has 6 nitrogen and oxygen atoms in total. The van der Waals surface area contributed by atoms with Gasteiger partial charge >= 0.3 is 0 Å². The largest absolute Gasteiger partial charge is 0.387 e. The van der Waals surface area contributed by atoms with Crippen molar-refractivity contribution in [2.24, 2.45) is 28.7 Å². The summed E-state index contributed by atoms with van der Waals surface area (Å²) in [6, 6.07) is 15.9. The van der Waals surface area contributed by atoms with Crippen LogP contribution in [0.15, 0.2) is 42.5 Å². The predicted octanol–water partition coefficient (Wildman–Crippen LogP) is 6.25. The summed E-state index contributed by atoms with van der Waals surface area (Å²) < 4.78 is 0. The van der Waals surface area contributed by atoms with E-state index in [0.29, 0.717) is 11.8 Å². The first-order valence-electron chi connectivity index (χ1n) is 16.6. The molecule has 0 aromatic heterocycles. The molecule has 3 saturated carbocycles. The van der Waals surface area contributed by atoms with E-state index in [0.717, 1.165) is 57.9 Å². The summed E-state index contributed by atoms with van der Waals surface area (Å²) in [5, 5.41) is 14.4. The van der Waals surface area contributed by atoms with Gasteiger partial charge in [0.15, 0.2) is 0 Å². The molecule has 1 aliphatic heterocycles. The summed E-state index contributed by atoms with van der Waals surface area (Å²) in [4.78, 5) is 16.9.